The van der Waals surface area contributed by atoms with Crippen LogP contribution in [0.1, 0.15) is 43.0 Å². The fraction of sp³-hybridized carbons (Fsp3) is 0.600. The number of nitrogens with zero attached hydrogens (tertiary/aromatic N) is 3. The SMILES string of the molecule is C=CCN(C)C(=O)N1CCC(CN2CCC(NC(=O)c3cc(Cl)c(N)cc3OCC)CC2)CC1. The molecule has 188 valence electrons. The predicted octanol–water partition coefficient (Wildman–Crippen LogP) is 3.46. The molecular weight excluding hydrogens is 454 g/mol. The van der Waals surface area contributed by atoms with Gasteiger partial charge in [0.2, 0.25) is 0 Å². The van der Waals surface area contributed by atoms with E-state index in [0.29, 0.717) is 41.1 Å². The van der Waals surface area contributed by atoms with Crippen LogP contribution in [0, 0.1) is 5.92 Å². The molecule has 3 N–H and O–H groups in total. The maximum Gasteiger partial charge on any atom is 0.320 e. The van der Waals surface area contributed by atoms with E-state index in [4.69, 9.17) is 22.1 Å². The minimum Gasteiger partial charge on any atom is -0.493 e. The zero-order chi connectivity index (χ0) is 24.7. The van der Waals surface area contributed by atoms with Gasteiger partial charge in [0.15, 0.2) is 0 Å². The van der Waals surface area contributed by atoms with Crippen molar-refractivity contribution in [1.29, 1.82) is 0 Å². The number of anilines is 1. The molecule has 2 fully saturated rings. The van der Waals surface area contributed by atoms with Crippen molar-refractivity contribution >= 4 is 29.2 Å². The van der Waals surface area contributed by atoms with E-state index in [-0.39, 0.29) is 18.0 Å². The topological polar surface area (TPSA) is 91.1 Å². The molecule has 0 saturated carbocycles. The number of benzene rings is 1. The molecule has 2 saturated heterocycles. The number of amides is 3. The summed E-state index contributed by atoms with van der Waals surface area (Å²) in [6.07, 6.45) is 5.62. The van der Waals surface area contributed by atoms with Crippen LogP contribution in [-0.4, -0.2) is 85.6 Å². The summed E-state index contributed by atoms with van der Waals surface area (Å²) < 4.78 is 5.59. The number of likely N-dealkylation sites (N-methyl/N-ethyl adjacent to an activating group) is 1. The molecule has 0 aliphatic carbocycles. The molecule has 1 aromatic carbocycles. The van der Waals surface area contributed by atoms with E-state index in [9.17, 15) is 9.59 Å². The van der Waals surface area contributed by atoms with Crippen molar-refractivity contribution in [2.45, 2.75) is 38.6 Å². The Balaban J connectivity index is 1.43. The third-order valence-corrected chi connectivity index (χ3v) is 7.02. The van der Waals surface area contributed by atoms with Gasteiger partial charge in [0.25, 0.3) is 5.91 Å². The van der Waals surface area contributed by atoms with Crippen molar-refractivity contribution in [3.05, 3.63) is 35.4 Å². The number of likely N-dealkylation sites (tertiary alicyclic amines) is 2. The Kier molecular flexibility index (Phi) is 9.47. The molecule has 0 aromatic heterocycles. The molecule has 34 heavy (non-hydrogen) atoms. The molecule has 1 aromatic rings. The summed E-state index contributed by atoms with van der Waals surface area (Å²) in [5.41, 5.74) is 6.69. The van der Waals surface area contributed by atoms with E-state index in [2.05, 4.69) is 16.8 Å². The smallest absolute Gasteiger partial charge is 0.320 e. The predicted molar refractivity (Wildman–Crippen MR) is 136 cm³/mol. The molecule has 0 unspecified atom stereocenters. The maximum absolute atomic E-state index is 12.9. The minimum absolute atomic E-state index is 0.0878. The Labute approximate surface area is 208 Å². The minimum atomic E-state index is -0.178. The third kappa shape index (κ3) is 6.79. The van der Waals surface area contributed by atoms with E-state index in [1.54, 1.807) is 23.1 Å². The number of halogens is 1. The lowest BCUT2D eigenvalue weighted by atomic mass is 9.94. The van der Waals surface area contributed by atoms with E-state index >= 15 is 0 Å². The van der Waals surface area contributed by atoms with Gasteiger partial charge in [-0.05, 0) is 44.6 Å². The fourth-order valence-corrected chi connectivity index (χ4v) is 4.89. The van der Waals surface area contributed by atoms with Crippen LogP contribution < -0.4 is 15.8 Å². The molecule has 2 aliphatic rings. The van der Waals surface area contributed by atoms with Crippen LogP contribution in [0.2, 0.25) is 5.02 Å². The van der Waals surface area contributed by atoms with Crippen LogP contribution in [-0.2, 0) is 0 Å². The van der Waals surface area contributed by atoms with Gasteiger partial charge in [-0.25, -0.2) is 4.79 Å². The van der Waals surface area contributed by atoms with Gasteiger partial charge in [-0.2, -0.15) is 0 Å². The van der Waals surface area contributed by atoms with Crippen molar-refractivity contribution in [3.8, 4) is 5.75 Å². The quantitative estimate of drug-likeness (QED) is 0.429. The van der Waals surface area contributed by atoms with Gasteiger partial charge < -0.3 is 30.5 Å². The molecule has 8 nitrogen and oxygen atoms in total. The zero-order valence-electron chi connectivity index (χ0n) is 20.4. The van der Waals surface area contributed by atoms with Gasteiger partial charge in [-0.1, -0.05) is 17.7 Å². The lowest BCUT2D eigenvalue weighted by Gasteiger charge is -2.38. The summed E-state index contributed by atoms with van der Waals surface area (Å²) in [6.45, 7) is 11.2. The number of nitrogen functional groups attached to an aromatic ring is 1. The van der Waals surface area contributed by atoms with E-state index in [1.165, 1.54) is 0 Å². The van der Waals surface area contributed by atoms with Crippen LogP contribution >= 0.6 is 11.6 Å². The number of nitrogens with one attached hydrogen (secondary N) is 1. The van der Waals surface area contributed by atoms with Gasteiger partial charge >= 0.3 is 6.03 Å². The molecule has 9 heteroatoms. The Hall–Kier alpha value is -2.45. The summed E-state index contributed by atoms with van der Waals surface area (Å²) >= 11 is 6.15. The molecule has 0 radical (unpaired) electrons. The monoisotopic (exact) mass is 491 g/mol. The second-order valence-corrected chi connectivity index (χ2v) is 9.64. The highest BCUT2D eigenvalue weighted by atomic mass is 35.5. The second-order valence-electron chi connectivity index (χ2n) is 9.23. The van der Waals surface area contributed by atoms with Crippen LogP contribution in [0.3, 0.4) is 0 Å². The Morgan fingerprint density at radius 3 is 2.53 bits per heavy atom. The second kappa shape index (κ2) is 12.3. The van der Waals surface area contributed by atoms with Gasteiger partial charge in [0.05, 0.1) is 22.9 Å². The number of carbonyl (C=O) groups excluding carboxylic acids is 2. The van der Waals surface area contributed by atoms with Gasteiger partial charge in [-0.15, -0.1) is 6.58 Å². The van der Waals surface area contributed by atoms with E-state index in [0.717, 1.165) is 58.4 Å². The van der Waals surface area contributed by atoms with Crippen molar-refractivity contribution in [3.63, 3.8) is 0 Å². The normalized spacial score (nSPS) is 17.9. The van der Waals surface area contributed by atoms with Crippen molar-refractivity contribution in [2.75, 3.05) is 58.7 Å². The summed E-state index contributed by atoms with van der Waals surface area (Å²) in [4.78, 5) is 31.5. The van der Waals surface area contributed by atoms with Crippen molar-refractivity contribution in [2.24, 2.45) is 5.92 Å². The van der Waals surface area contributed by atoms with E-state index in [1.807, 2.05) is 18.9 Å². The average Bonchev–Trinajstić information content (AvgIpc) is 2.83. The molecule has 2 heterocycles. The van der Waals surface area contributed by atoms with Crippen molar-refractivity contribution < 1.29 is 14.3 Å². The van der Waals surface area contributed by atoms with Gasteiger partial charge in [0.1, 0.15) is 5.75 Å². The van der Waals surface area contributed by atoms with Crippen LogP contribution in [0.5, 0.6) is 5.75 Å². The number of piperidine rings is 2. The lowest BCUT2D eigenvalue weighted by molar-refractivity contribution is 0.0886. The summed E-state index contributed by atoms with van der Waals surface area (Å²) in [6, 6.07) is 3.40. The number of nitrogens with two attached hydrogens (primary N) is 1. The first-order valence-corrected chi connectivity index (χ1v) is 12.6. The maximum atomic E-state index is 12.9. The number of urea groups is 1. The zero-order valence-corrected chi connectivity index (χ0v) is 21.1. The first kappa shape index (κ1) is 26.2. The number of hydrogen-bond acceptors (Lipinski definition) is 5. The highest BCUT2D eigenvalue weighted by Gasteiger charge is 2.28. The molecule has 0 spiro atoms. The Bertz CT molecular complexity index is 864. The number of ether oxygens (including phenoxy) is 1. The highest BCUT2D eigenvalue weighted by Crippen LogP contribution is 2.29. The number of rotatable bonds is 8. The molecule has 2 aliphatic heterocycles. The Morgan fingerprint density at radius 1 is 1.24 bits per heavy atom. The number of hydrogen-bond donors (Lipinski definition) is 2. The first-order chi connectivity index (χ1) is 16.3. The van der Waals surface area contributed by atoms with Crippen molar-refractivity contribution in [1.82, 2.24) is 20.0 Å². The van der Waals surface area contributed by atoms with Crippen LogP contribution in [0.4, 0.5) is 10.5 Å². The Morgan fingerprint density at radius 2 is 1.91 bits per heavy atom. The third-order valence-electron chi connectivity index (χ3n) is 6.70. The molecule has 0 atom stereocenters. The van der Waals surface area contributed by atoms with Crippen LogP contribution in [0.15, 0.2) is 24.8 Å². The number of carbonyl (C=O) groups is 2. The molecule has 3 rings (SSSR count). The van der Waals surface area contributed by atoms with Gasteiger partial charge in [-0.3, -0.25) is 4.79 Å². The average molecular weight is 492 g/mol. The lowest BCUT2D eigenvalue weighted by Crippen LogP contribution is -2.48. The van der Waals surface area contributed by atoms with E-state index < -0.39 is 0 Å². The summed E-state index contributed by atoms with van der Waals surface area (Å²) in [5, 5.41) is 3.49. The molecular formula is C25H38ClN5O3. The first-order valence-electron chi connectivity index (χ1n) is 12.2. The molecule has 0 bridgehead atoms. The fourth-order valence-electron chi connectivity index (χ4n) is 4.73. The highest BCUT2D eigenvalue weighted by molar-refractivity contribution is 6.33. The van der Waals surface area contributed by atoms with Gasteiger partial charge in [0, 0.05) is 58.4 Å². The largest absolute Gasteiger partial charge is 0.493 e. The summed E-state index contributed by atoms with van der Waals surface area (Å²) in [5.74, 6) is 0.882. The molecule has 3 amide bonds. The summed E-state index contributed by atoms with van der Waals surface area (Å²) in [7, 11) is 1.82. The van der Waals surface area contributed by atoms with Crippen LogP contribution in [0.25, 0.3) is 0 Å². The standard InChI is InChI=1S/C25H38ClN5O3/c1-4-10-29(3)25(33)31-13-6-18(7-14-31)17-30-11-8-19(9-12-30)28-24(32)20-15-21(26)22(27)16-23(20)34-5-2/h4,15-16,18-19H,1,5-14,17,27H2,2-3H3,(H,28,32).